The van der Waals surface area contributed by atoms with E-state index in [1.807, 2.05) is 12.1 Å². The monoisotopic (exact) mass is 412 g/mol. The third-order valence-corrected chi connectivity index (χ3v) is 6.21. The third-order valence-electron chi connectivity index (χ3n) is 5.97. The van der Waals surface area contributed by atoms with Crippen LogP contribution in [0.15, 0.2) is 42.5 Å². The molecule has 2 fully saturated rings. The molecule has 2 aromatic rings. The molecule has 0 radical (unpaired) electrons. The summed E-state index contributed by atoms with van der Waals surface area (Å²) in [5.74, 6) is -0.816. The Bertz CT molecular complexity index is 916. The van der Waals surface area contributed by atoms with Crippen molar-refractivity contribution in [1.82, 2.24) is 4.90 Å². The molecule has 2 aromatic carbocycles. The van der Waals surface area contributed by atoms with Crippen LogP contribution in [0.5, 0.6) is 0 Å². The van der Waals surface area contributed by atoms with Gasteiger partial charge in [-0.2, -0.15) is 0 Å². The molecule has 1 heterocycles. The number of benzene rings is 2. The summed E-state index contributed by atoms with van der Waals surface area (Å²) in [5.41, 5.74) is 2.72. The lowest BCUT2D eigenvalue weighted by atomic mass is 9.94. The van der Waals surface area contributed by atoms with Gasteiger partial charge in [-0.15, -0.1) is 0 Å². The lowest BCUT2D eigenvalue weighted by Gasteiger charge is -2.23. The van der Waals surface area contributed by atoms with Crippen LogP contribution in [0.3, 0.4) is 0 Å². The first-order valence-corrected chi connectivity index (χ1v) is 10.4. The van der Waals surface area contributed by atoms with Gasteiger partial charge in [-0.1, -0.05) is 23.7 Å². The van der Waals surface area contributed by atoms with Crippen LogP contribution in [-0.2, 0) is 10.2 Å². The van der Waals surface area contributed by atoms with Gasteiger partial charge in [0.25, 0.3) is 5.91 Å². The van der Waals surface area contributed by atoms with Gasteiger partial charge in [0, 0.05) is 22.5 Å². The van der Waals surface area contributed by atoms with Crippen molar-refractivity contribution in [3.63, 3.8) is 0 Å². The fourth-order valence-electron chi connectivity index (χ4n) is 4.13. The van der Waals surface area contributed by atoms with Gasteiger partial charge < -0.3 is 15.0 Å². The first-order chi connectivity index (χ1) is 14.0. The van der Waals surface area contributed by atoms with E-state index in [2.05, 4.69) is 22.3 Å². The number of anilines is 1. The lowest BCUT2D eigenvalue weighted by Crippen LogP contribution is -2.30. The number of nitrogens with one attached hydrogen (secondary N) is 1. The highest BCUT2D eigenvalue weighted by atomic mass is 35.5. The van der Waals surface area contributed by atoms with Crippen molar-refractivity contribution in [3.8, 4) is 0 Å². The molecule has 6 heteroatoms. The van der Waals surface area contributed by atoms with Gasteiger partial charge in [-0.25, -0.2) is 4.79 Å². The molecule has 1 aliphatic heterocycles. The Hall–Kier alpha value is -2.37. The summed E-state index contributed by atoms with van der Waals surface area (Å²) < 4.78 is 4.78. The minimum absolute atomic E-state index is 0.229. The number of methoxy groups -OCH3 is 1. The summed E-state index contributed by atoms with van der Waals surface area (Å²) in [7, 11) is 1.30. The minimum Gasteiger partial charge on any atom is -0.465 e. The molecule has 2 aliphatic rings. The average molecular weight is 413 g/mol. The molecule has 0 aromatic heterocycles. The number of likely N-dealkylation sites (tertiary alicyclic amines) is 1. The average Bonchev–Trinajstić information content (AvgIpc) is 3.34. The molecule has 1 aliphatic carbocycles. The molecule has 29 heavy (non-hydrogen) atoms. The van der Waals surface area contributed by atoms with Crippen molar-refractivity contribution in [1.29, 1.82) is 0 Å². The van der Waals surface area contributed by atoms with Gasteiger partial charge in [0.2, 0.25) is 0 Å². The predicted octanol–water partition coefficient (Wildman–Crippen LogP) is 4.51. The maximum absolute atomic E-state index is 12.7. The van der Waals surface area contributed by atoms with Gasteiger partial charge in [0.15, 0.2) is 0 Å². The minimum atomic E-state index is -0.546. The fraction of sp³-hybridized carbons (Fsp3) is 0.391. The second kappa shape index (κ2) is 8.17. The Balaban J connectivity index is 1.47. The number of esters is 1. The molecule has 4 rings (SSSR count). The summed E-state index contributed by atoms with van der Waals surface area (Å²) in [4.78, 5) is 27.2. The van der Waals surface area contributed by atoms with Crippen molar-refractivity contribution in [2.24, 2.45) is 0 Å². The number of hydrogen-bond acceptors (Lipinski definition) is 4. The largest absolute Gasteiger partial charge is 0.465 e. The third kappa shape index (κ3) is 4.31. The highest BCUT2D eigenvalue weighted by Gasteiger charge is 2.45. The molecule has 1 saturated carbocycles. The van der Waals surface area contributed by atoms with E-state index >= 15 is 0 Å². The van der Waals surface area contributed by atoms with Crippen LogP contribution in [0.2, 0.25) is 5.02 Å². The highest BCUT2D eigenvalue weighted by Crippen LogP contribution is 2.49. The molecule has 0 bridgehead atoms. The number of carbonyl (C=O) groups excluding carboxylic acids is 2. The number of ether oxygens (including phenoxy) is 1. The molecular formula is C23H25ClN2O3. The van der Waals surface area contributed by atoms with Gasteiger partial charge in [-0.3, -0.25) is 4.79 Å². The Kier molecular flexibility index (Phi) is 5.61. The number of hydrogen-bond donors (Lipinski definition) is 1. The van der Waals surface area contributed by atoms with E-state index in [0.717, 1.165) is 6.54 Å². The molecule has 5 nitrogen and oxygen atoms in total. The molecule has 1 N–H and O–H groups in total. The van der Waals surface area contributed by atoms with Gasteiger partial charge in [0.1, 0.15) is 0 Å². The first-order valence-electron chi connectivity index (χ1n) is 10.0. The Morgan fingerprint density at radius 2 is 1.79 bits per heavy atom. The summed E-state index contributed by atoms with van der Waals surface area (Å²) in [5, 5.41) is 3.20. The zero-order valence-electron chi connectivity index (χ0n) is 16.5. The number of rotatable bonds is 6. The molecule has 0 spiro atoms. The second-order valence-electron chi connectivity index (χ2n) is 7.98. The normalized spacial score (nSPS) is 17.7. The zero-order chi connectivity index (χ0) is 20.4. The van der Waals surface area contributed by atoms with Gasteiger partial charge in [0.05, 0.1) is 18.4 Å². The van der Waals surface area contributed by atoms with Crippen LogP contribution < -0.4 is 5.32 Å². The summed E-state index contributed by atoms with van der Waals surface area (Å²) in [6.45, 7) is 3.52. The summed E-state index contributed by atoms with van der Waals surface area (Å²) in [6.07, 6.45) is 5.02. The molecule has 0 unspecified atom stereocenters. The number of amides is 1. The fourth-order valence-corrected chi connectivity index (χ4v) is 4.30. The number of nitrogens with zero attached hydrogens (tertiary/aromatic N) is 1. The molecule has 0 atom stereocenters. The predicted molar refractivity (Wildman–Crippen MR) is 114 cm³/mol. The Morgan fingerprint density at radius 1 is 1.10 bits per heavy atom. The Labute approximate surface area is 176 Å². The van der Waals surface area contributed by atoms with E-state index in [1.54, 1.807) is 12.1 Å². The maximum atomic E-state index is 12.7. The molecule has 152 valence electrons. The zero-order valence-corrected chi connectivity index (χ0v) is 17.3. The SMILES string of the molecule is COC(=O)c1cc(Cl)ccc1NC(=O)c1ccc(C2(CN3CCCC3)CC2)cc1. The highest BCUT2D eigenvalue weighted by molar-refractivity contribution is 6.31. The lowest BCUT2D eigenvalue weighted by molar-refractivity contribution is 0.0602. The van der Waals surface area contributed by atoms with Crippen LogP contribution in [0, 0.1) is 0 Å². The first kappa shape index (κ1) is 19.9. The molecule has 1 saturated heterocycles. The van der Waals surface area contributed by atoms with Gasteiger partial charge >= 0.3 is 5.97 Å². The van der Waals surface area contributed by atoms with Crippen LogP contribution in [0.1, 0.15) is 52.0 Å². The topological polar surface area (TPSA) is 58.6 Å². The van der Waals surface area contributed by atoms with Crippen molar-refractivity contribution in [3.05, 3.63) is 64.2 Å². The summed E-state index contributed by atoms with van der Waals surface area (Å²) >= 11 is 5.97. The number of halogens is 1. The van der Waals surface area contributed by atoms with E-state index < -0.39 is 5.97 Å². The van der Waals surface area contributed by atoms with Crippen LogP contribution in [-0.4, -0.2) is 43.5 Å². The van der Waals surface area contributed by atoms with Gasteiger partial charge in [-0.05, 0) is 74.7 Å². The smallest absolute Gasteiger partial charge is 0.340 e. The van der Waals surface area contributed by atoms with Crippen molar-refractivity contribution < 1.29 is 14.3 Å². The van der Waals surface area contributed by atoms with Crippen molar-refractivity contribution >= 4 is 29.2 Å². The molecular weight excluding hydrogens is 388 g/mol. The standard InChI is InChI=1S/C23H25ClN2O3/c1-29-22(28)19-14-18(24)8-9-20(19)25-21(27)16-4-6-17(7-5-16)23(10-11-23)15-26-12-2-3-13-26/h4-9,14H,2-3,10-13,15H2,1H3,(H,25,27). The van der Waals surface area contributed by atoms with Crippen LogP contribution >= 0.6 is 11.6 Å². The molecule has 1 amide bonds. The van der Waals surface area contributed by atoms with E-state index in [-0.39, 0.29) is 16.9 Å². The quantitative estimate of drug-likeness (QED) is 0.709. The Morgan fingerprint density at radius 3 is 2.41 bits per heavy atom. The van der Waals surface area contributed by atoms with Crippen LogP contribution in [0.4, 0.5) is 5.69 Å². The van der Waals surface area contributed by atoms with Crippen molar-refractivity contribution in [2.75, 3.05) is 32.1 Å². The maximum Gasteiger partial charge on any atom is 0.340 e. The van der Waals surface area contributed by atoms with Crippen molar-refractivity contribution in [2.45, 2.75) is 31.1 Å². The van der Waals surface area contributed by atoms with E-state index in [9.17, 15) is 9.59 Å². The second-order valence-corrected chi connectivity index (χ2v) is 8.41. The van der Waals surface area contributed by atoms with E-state index in [4.69, 9.17) is 16.3 Å². The van der Waals surface area contributed by atoms with E-state index in [1.165, 1.54) is 57.5 Å². The number of carbonyl (C=O) groups is 2. The van der Waals surface area contributed by atoms with E-state index in [0.29, 0.717) is 16.3 Å². The summed E-state index contributed by atoms with van der Waals surface area (Å²) in [6, 6.07) is 12.6. The van der Waals surface area contributed by atoms with Crippen LogP contribution in [0.25, 0.3) is 0 Å².